The molecule has 0 atom stereocenters. The van der Waals surface area contributed by atoms with E-state index in [1.807, 2.05) is 78.5 Å². The van der Waals surface area contributed by atoms with Crippen LogP contribution in [0.5, 0.6) is 0 Å². The number of aromatic nitrogens is 8. The lowest BCUT2D eigenvalue weighted by molar-refractivity contribution is 0.0801. The Hall–Kier alpha value is -6.37. The third-order valence-electron chi connectivity index (χ3n) is 13.7. The third kappa shape index (κ3) is 13.2. The van der Waals surface area contributed by atoms with Crippen molar-refractivity contribution < 1.29 is 14.3 Å². The zero-order valence-corrected chi connectivity index (χ0v) is 44.4. The highest BCUT2D eigenvalue weighted by Gasteiger charge is 2.21. The number of imidazole rings is 2. The first-order valence-corrected chi connectivity index (χ1v) is 30.0. The van der Waals surface area contributed by atoms with E-state index in [-0.39, 0.29) is 18.5 Å². The maximum absolute atomic E-state index is 13.3. The number of amides is 2. The van der Waals surface area contributed by atoms with Gasteiger partial charge in [0, 0.05) is 87.2 Å². The van der Waals surface area contributed by atoms with E-state index in [1.54, 1.807) is 18.6 Å². The summed E-state index contributed by atoms with van der Waals surface area (Å²) in [5.41, 5.74) is 9.20. The summed E-state index contributed by atoms with van der Waals surface area (Å²) in [7, 11) is 0.661. The summed E-state index contributed by atoms with van der Waals surface area (Å²) < 4.78 is 7.96. The number of rotatable bonds is 18. The predicted molar refractivity (Wildman–Crippen MR) is 296 cm³/mol. The van der Waals surface area contributed by atoms with Gasteiger partial charge in [-0.3, -0.25) is 24.1 Å². The fraction of sp³-hybridized carbons (Fsp3) is 0.418. The number of nitrogens with one attached hydrogen (secondary N) is 4. The van der Waals surface area contributed by atoms with Crippen molar-refractivity contribution in [3.63, 3.8) is 0 Å². The molecule has 2 aromatic carbocycles. The van der Waals surface area contributed by atoms with Crippen LogP contribution in [0.1, 0.15) is 72.6 Å². The molecule has 8 heterocycles. The molecule has 0 unspecified atom stereocenters. The molecule has 2 aliphatic heterocycles. The fourth-order valence-corrected chi connectivity index (χ4v) is 10.5. The Kier molecular flexibility index (Phi) is 17.0. The van der Waals surface area contributed by atoms with E-state index in [1.165, 1.54) is 51.6 Å². The molecule has 0 saturated carbocycles. The third-order valence-corrected chi connectivity index (χ3v) is 15.7. The first kappa shape index (κ1) is 51.5. The number of hydrogen-bond acceptors (Lipinski definition) is 12. The van der Waals surface area contributed by atoms with Gasteiger partial charge in [-0.2, -0.15) is 0 Å². The molecule has 0 bridgehead atoms. The fourth-order valence-electron chi connectivity index (χ4n) is 9.54. The van der Waals surface area contributed by atoms with E-state index in [0.29, 0.717) is 36.4 Å². The molecule has 0 spiro atoms. The summed E-state index contributed by atoms with van der Waals surface area (Å²) in [6, 6.07) is 20.5. The second kappa shape index (κ2) is 24.1. The number of carbonyl (C=O) groups is 2. The number of pyridine rings is 4. The van der Waals surface area contributed by atoms with Crippen molar-refractivity contribution >= 4 is 81.0 Å². The standard InChI is InChI=1S/C30H39ClN6O2Si.C25H29N7O/c1-40(2,3)17-16-39-21-37-28-9-8-22(26-19-24(31)23-20-32-12-10-25(23)34-26)18-27(28)35-29(37)30(38)33-11-7-15-36-13-5-4-6-14-36;1-26-22-15-21(29-19-8-10-27-16-18(19)22)17-6-7-20-23(14-17)31-24(30-20)25(33)28-9-5-13-32-11-3-2-4-12-32/h8-10,12,18-20H,4-7,11,13-17,21H2,1-3H3,(H,33,38);6-8,10,14-16H,2-5,9,11-13H2,1H3,(H,26,29)(H,28,33)(H,30,31). The van der Waals surface area contributed by atoms with Crippen molar-refractivity contribution in [3.8, 4) is 22.5 Å². The monoisotopic (exact) mass is 1020 g/mol. The number of halogens is 1. The average Bonchev–Trinajstić information content (AvgIpc) is 4.01. The molecule has 6 aromatic heterocycles. The minimum atomic E-state index is -1.23. The Balaban J connectivity index is 0.000000183. The summed E-state index contributed by atoms with van der Waals surface area (Å²) in [5.74, 6) is 0.368. The van der Waals surface area contributed by atoms with Gasteiger partial charge in [0.2, 0.25) is 5.82 Å². The smallest absolute Gasteiger partial charge is 0.287 e. The van der Waals surface area contributed by atoms with Crippen molar-refractivity contribution in [2.45, 2.75) is 83.8 Å². The van der Waals surface area contributed by atoms with Gasteiger partial charge in [-0.05, 0) is 132 Å². The number of anilines is 1. The summed E-state index contributed by atoms with van der Waals surface area (Å²) in [4.78, 5) is 61.3. The van der Waals surface area contributed by atoms with Crippen LogP contribution >= 0.6 is 11.6 Å². The van der Waals surface area contributed by atoms with Crippen LogP contribution in [-0.2, 0) is 11.5 Å². The number of aromatic amines is 1. The van der Waals surface area contributed by atoms with Gasteiger partial charge in [0.15, 0.2) is 5.82 Å². The molecule has 16 nitrogen and oxygen atoms in total. The minimum absolute atomic E-state index is 0.166. The number of hydrogen-bond donors (Lipinski definition) is 4. The Morgan fingerprint density at radius 1 is 0.685 bits per heavy atom. The molecule has 4 N–H and O–H groups in total. The molecular weight excluding hydrogens is 954 g/mol. The molecule has 8 aromatic rings. The molecule has 0 radical (unpaired) electrons. The molecule has 18 heteroatoms. The van der Waals surface area contributed by atoms with Crippen LogP contribution in [-0.4, -0.2) is 135 Å². The van der Waals surface area contributed by atoms with E-state index < -0.39 is 8.07 Å². The number of likely N-dealkylation sites (tertiary alicyclic amines) is 2. The number of fused-ring (bicyclic) bond motifs is 4. The number of benzene rings is 2. The zero-order valence-electron chi connectivity index (χ0n) is 42.6. The second-order valence-electron chi connectivity index (χ2n) is 20.3. The van der Waals surface area contributed by atoms with Crippen molar-refractivity contribution in [2.24, 2.45) is 0 Å². The van der Waals surface area contributed by atoms with E-state index in [4.69, 9.17) is 31.3 Å². The molecule has 73 heavy (non-hydrogen) atoms. The Labute approximate surface area is 433 Å². The van der Waals surface area contributed by atoms with Crippen molar-refractivity contribution in [2.75, 3.05) is 71.3 Å². The van der Waals surface area contributed by atoms with E-state index in [2.05, 4.69) is 65.3 Å². The number of piperidine rings is 2. The lowest BCUT2D eigenvalue weighted by Gasteiger charge is -2.26. The Bertz CT molecular complexity index is 3180. The maximum atomic E-state index is 13.3. The minimum Gasteiger partial charge on any atom is -0.387 e. The van der Waals surface area contributed by atoms with E-state index in [9.17, 15) is 9.59 Å². The van der Waals surface area contributed by atoms with Gasteiger partial charge in [0.25, 0.3) is 11.8 Å². The quantitative estimate of drug-likeness (QED) is 0.0472. The van der Waals surface area contributed by atoms with Crippen LogP contribution in [0.2, 0.25) is 30.7 Å². The van der Waals surface area contributed by atoms with Crippen molar-refractivity contribution in [1.82, 2.24) is 59.9 Å². The van der Waals surface area contributed by atoms with E-state index in [0.717, 1.165) is 117 Å². The summed E-state index contributed by atoms with van der Waals surface area (Å²) >= 11 is 6.54. The highest BCUT2D eigenvalue weighted by Crippen LogP contribution is 2.31. The molecule has 0 aliphatic carbocycles. The van der Waals surface area contributed by atoms with Gasteiger partial charge in [-0.15, -0.1) is 0 Å². The van der Waals surface area contributed by atoms with Gasteiger partial charge < -0.3 is 35.5 Å². The maximum Gasteiger partial charge on any atom is 0.287 e. The van der Waals surface area contributed by atoms with Gasteiger partial charge in [-0.25, -0.2) is 19.9 Å². The predicted octanol–water partition coefficient (Wildman–Crippen LogP) is 10.0. The summed E-state index contributed by atoms with van der Waals surface area (Å²) in [6.07, 6.45) is 16.6. The van der Waals surface area contributed by atoms with E-state index >= 15 is 0 Å². The Morgan fingerprint density at radius 3 is 1.97 bits per heavy atom. The highest BCUT2D eigenvalue weighted by molar-refractivity contribution is 6.76. The summed E-state index contributed by atoms with van der Waals surface area (Å²) in [5, 5.41) is 11.7. The SMILES string of the molecule is CNc1cc(-c2ccc3nc(C(=O)NCCCN4CCCCC4)[nH]c3c2)nc2ccncc12.C[Si](C)(C)CCOCn1c(C(=O)NCCCN2CCCCC2)nc2cc(-c3cc(Cl)c4cnccc4n3)ccc21. The molecule has 382 valence electrons. The van der Waals surface area contributed by atoms with Crippen LogP contribution in [0.4, 0.5) is 5.69 Å². The van der Waals surface area contributed by atoms with Gasteiger partial charge >= 0.3 is 0 Å². The molecule has 2 fully saturated rings. The molecular formula is C55H68ClN13O3Si. The highest BCUT2D eigenvalue weighted by atomic mass is 35.5. The van der Waals surface area contributed by atoms with Gasteiger partial charge in [-0.1, -0.05) is 56.2 Å². The van der Waals surface area contributed by atoms with Crippen LogP contribution < -0.4 is 16.0 Å². The Morgan fingerprint density at radius 2 is 1.30 bits per heavy atom. The first-order valence-electron chi connectivity index (χ1n) is 25.9. The van der Waals surface area contributed by atoms with Crippen molar-refractivity contribution in [3.05, 3.63) is 102 Å². The lowest BCUT2D eigenvalue weighted by atomic mass is 10.1. The number of H-pyrrole nitrogens is 1. The first-order chi connectivity index (χ1) is 35.5. The van der Waals surface area contributed by atoms with Crippen LogP contribution in [0.15, 0.2) is 85.5 Å². The summed E-state index contributed by atoms with van der Waals surface area (Å²) in [6.45, 7) is 15.9. The van der Waals surface area contributed by atoms with Crippen LogP contribution in [0.25, 0.3) is 66.4 Å². The molecule has 2 amide bonds. The van der Waals surface area contributed by atoms with Gasteiger partial charge in [0.1, 0.15) is 6.73 Å². The van der Waals surface area contributed by atoms with Crippen LogP contribution in [0.3, 0.4) is 0 Å². The van der Waals surface area contributed by atoms with Crippen LogP contribution in [0, 0.1) is 0 Å². The second-order valence-corrected chi connectivity index (χ2v) is 26.4. The van der Waals surface area contributed by atoms with Crippen molar-refractivity contribution in [1.29, 1.82) is 0 Å². The lowest BCUT2D eigenvalue weighted by Crippen LogP contribution is -2.34. The molecule has 2 aliphatic rings. The average molecular weight is 1020 g/mol. The molecule has 2 saturated heterocycles. The number of carbonyl (C=O) groups excluding carboxylic acids is 2. The normalized spacial score (nSPS) is 14.6. The topological polar surface area (TPSA) is 184 Å². The number of ether oxygens (including phenoxy) is 1. The largest absolute Gasteiger partial charge is 0.387 e. The van der Waals surface area contributed by atoms with Gasteiger partial charge in [0.05, 0.1) is 49.5 Å². The zero-order chi connectivity index (χ0) is 50.7. The number of nitrogens with zero attached hydrogens (tertiary/aromatic N) is 9. The molecule has 10 rings (SSSR count).